The van der Waals surface area contributed by atoms with Crippen molar-refractivity contribution in [3.63, 3.8) is 0 Å². The maximum atomic E-state index is 13.7. The first-order chi connectivity index (χ1) is 9.85. The zero-order valence-corrected chi connectivity index (χ0v) is 12.4. The first kappa shape index (κ1) is 15.3. The Kier molecular flexibility index (Phi) is 4.16. The Morgan fingerprint density at radius 3 is 2.62 bits per heavy atom. The van der Waals surface area contributed by atoms with Gasteiger partial charge in [0, 0.05) is 29.9 Å². The number of amides is 1. The van der Waals surface area contributed by atoms with Crippen LogP contribution in [0.5, 0.6) is 0 Å². The number of likely N-dealkylation sites (tertiary alicyclic amines) is 1. The molecule has 1 aromatic rings. The third kappa shape index (κ3) is 2.84. The smallest absolute Gasteiger partial charge is 0.310 e. The number of halogens is 1. The number of nitrogens with two attached hydrogens (primary N) is 1. The van der Waals surface area contributed by atoms with Gasteiger partial charge in [-0.3, -0.25) is 9.59 Å². The molecule has 0 saturated carbocycles. The SMILES string of the molecule is COC(=O)C1CN(C(=O)c2cc(N)c(C)c(F)c2)CC1C. The van der Waals surface area contributed by atoms with E-state index in [-0.39, 0.29) is 41.5 Å². The minimum atomic E-state index is -0.505. The molecule has 1 fully saturated rings. The normalized spacial score (nSPS) is 21.4. The molecule has 1 aliphatic rings. The van der Waals surface area contributed by atoms with Crippen LogP contribution in [0.4, 0.5) is 10.1 Å². The lowest BCUT2D eigenvalue weighted by molar-refractivity contribution is -0.146. The molecular formula is C15H19FN2O3. The first-order valence-corrected chi connectivity index (χ1v) is 6.77. The zero-order chi connectivity index (χ0) is 15.7. The molecule has 1 heterocycles. The number of carbonyl (C=O) groups is 2. The number of methoxy groups -OCH3 is 1. The highest BCUT2D eigenvalue weighted by molar-refractivity contribution is 5.96. The lowest BCUT2D eigenvalue weighted by atomic mass is 9.99. The summed E-state index contributed by atoms with van der Waals surface area (Å²) in [5, 5.41) is 0. The van der Waals surface area contributed by atoms with Crippen LogP contribution in [0.2, 0.25) is 0 Å². The van der Waals surface area contributed by atoms with Gasteiger partial charge in [-0.05, 0) is 25.0 Å². The number of nitrogens with zero attached hydrogens (tertiary/aromatic N) is 1. The minimum absolute atomic E-state index is 0.00837. The summed E-state index contributed by atoms with van der Waals surface area (Å²) in [5.74, 6) is -1.48. The lowest BCUT2D eigenvalue weighted by Crippen LogP contribution is -2.30. The summed E-state index contributed by atoms with van der Waals surface area (Å²) in [6.07, 6.45) is 0. The third-order valence-electron chi connectivity index (χ3n) is 4.03. The number of benzene rings is 1. The fourth-order valence-corrected chi connectivity index (χ4v) is 2.60. The standard InChI is InChI=1S/C15H19FN2O3/c1-8-6-18(7-11(8)15(20)21-3)14(19)10-4-12(16)9(2)13(17)5-10/h4-5,8,11H,6-7,17H2,1-3H3. The van der Waals surface area contributed by atoms with Gasteiger partial charge in [-0.25, -0.2) is 4.39 Å². The summed E-state index contributed by atoms with van der Waals surface area (Å²) in [5.41, 5.74) is 6.47. The van der Waals surface area contributed by atoms with E-state index in [1.54, 1.807) is 6.92 Å². The number of hydrogen-bond acceptors (Lipinski definition) is 4. The van der Waals surface area contributed by atoms with Gasteiger partial charge in [0.1, 0.15) is 5.82 Å². The molecule has 1 amide bonds. The molecule has 2 unspecified atom stereocenters. The van der Waals surface area contributed by atoms with Crippen molar-refractivity contribution in [2.75, 3.05) is 25.9 Å². The quantitative estimate of drug-likeness (QED) is 0.664. The van der Waals surface area contributed by atoms with Crippen LogP contribution in [0.3, 0.4) is 0 Å². The molecule has 2 N–H and O–H groups in total. The van der Waals surface area contributed by atoms with Crippen LogP contribution in [0.25, 0.3) is 0 Å². The van der Waals surface area contributed by atoms with Crippen molar-refractivity contribution in [3.8, 4) is 0 Å². The number of hydrogen-bond donors (Lipinski definition) is 1. The number of rotatable bonds is 2. The second kappa shape index (κ2) is 5.71. The van der Waals surface area contributed by atoms with Crippen LogP contribution in [-0.4, -0.2) is 37.0 Å². The average Bonchev–Trinajstić information content (AvgIpc) is 2.84. The average molecular weight is 294 g/mol. The van der Waals surface area contributed by atoms with Crippen LogP contribution >= 0.6 is 0 Å². The van der Waals surface area contributed by atoms with Crippen LogP contribution < -0.4 is 5.73 Å². The lowest BCUT2D eigenvalue weighted by Gasteiger charge is -2.17. The topological polar surface area (TPSA) is 72.6 Å². The van der Waals surface area contributed by atoms with Gasteiger partial charge in [0.2, 0.25) is 0 Å². The molecule has 114 valence electrons. The van der Waals surface area contributed by atoms with E-state index in [0.717, 1.165) is 0 Å². The highest BCUT2D eigenvalue weighted by atomic mass is 19.1. The predicted octanol–water partition coefficient (Wildman–Crippen LogP) is 1.60. The summed E-state index contributed by atoms with van der Waals surface area (Å²) in [7, 11) is 1.33. The molecule has 0 spiro atoms. The van der Waals surface area contributed by atoms with E-state index in [1.165, 1.54) is 24.1 Å². The van der Waals surface area contributed by atoms with Gasteiger partial charge < -0.3 is 15.4 Å². The molecule has 1 saturated heterocycles. The molecule has 0 radical (unpaired) electrons. The molecule has 1 aliphatic heterocycles. The number of esters is 1. The Bertz CT molecular complexity index is 565. The summed E-state index contributed by atoms with van der Waals surface area (Å²) in [4.78, 5) is 25.6. The van der Waals surface area contributed by atoms with Gasteiger partial charge in [-0.1, -0.05) is 6.92 Å². The van der Waals surface area contributed by atoms with E-state index >= 15 is 0 Å². The van der Waals surface area contributed by atoms with Crippen molar-refractivity contribution in [2.24, 2.45) is 11.8 Å². The predicted molar refractivity (Wildman–Crippen MR) is 76.1 cm³/mol. The van der Waals surface area contributed by atoms with E-state index < -0.39 is 5.82 Å². The molecule has 2 atom stereocenters. The molecule has 0 aromatic heterocycles. The van der Waals surface area contributed by atoms with Gasteiger partial charge in [0.15, 0.2) is 0 Å². The Morgan fingerprint density at radius 1 is 1.38 bits per heavy atom. The fraction of sp³-hybridized carbons (Fsp3) is 0.467. The van der Waals surface area contributed by atoms with Crippen molar-refractivity contribution in [2.45, 2.75) is 13.8 Å². The van der Waals surface area contributed by atoms with Crippen LogP contribution in [0.15, 0.2) is 12.1 Å². The Hall–Kier alpha value is -2.11. The maximum Gasteiger partial charge on any atom is 0.310 e. The van der Waals surface area contributed by atoms with E-state index in [1.807, 2.05) is 6.92 Å². The monoisotopic (exact) mass is 294 g/mol. The maximum absolute atomic E-state index is 13.7. The van der Waals surface area contributed by atoms with Crippen LogP contribution in [0.1, 0.15) is 22.8 Å². The molecule has 0 bridgehead atoms. The van der Waals surface area contributed by atoms with E-state index in [9.17, 15) is 14.0 Å². The molecular weight excluding hydrogens is 275 g/mol. The molecule has 2 rings (SSSR count). The molecule has 0 aliphatic carbocycles. The summed E-state index contributed by atoms with van der Waals surface area (Å²) in [6, 6.07) is 2.65. The zero-order valence-electron chi connectivity index (χ0n) is 12.4. The summed E-state index contributed by atoms with van der Waals surface area (Å²) < 4.78 is 18.4. The van der Waals surface area contributed by atoms with Crippen molar-refractivity contribution in [1.82, 2.24) is 4.90 Å². The van der Waals surface area contributed by atoms with E-state index in [2.05, 4.69) is 0 Å². The highest BCUT2D eigenvalue weighted by Gasteiger charge is 2.38. The number of anilines is 1. The third-order valence-corrected chi connectivity index (χ3v) is 4.03. The second-order valence-electron chi connectivity index (χ2n) is 5.49. The number of nitrogen functional groups attached to an aromatic ring is 1. The van der Waals surface area contributed by atoms with Crippen LogP contribution in [-0.2, 0) is 9.53 Å². The van der Waals surface area contributed by atoms with Gasteiger partial charge >= 0.3 is 5.97 Å². The number of ether oxygens (including phenoxy) is 1. The highest BCUT2D eigenvalue weighted by Crippen LogP contribution is 2.26. The molecule has 6 heteroatoms. The van der Waals surface area contributed by atoms with Crippen molar-refractivity contribution >= 4 is 17.6 Å². The largest absolute Gasteiger partial charge is 0.469 e. The van der Waals surface area contributed by atoms with E-state index in [0.29, 0.717) is 12.1 Å². The second-order valence-corrected chi connectivity index (χ2v) is 5.49. The van der Waals surface area contributed by atoms with Crippen molar-refractivity contribution in [1.29, 1.82) is 0 Å². The Labute approximate surface area is 122 Å². The van der Waals surface area contributed by atoms with E-state index in [4.69, 9.17) is 10.5 Å². The summed E-state index contributed by atoms with van der Waals surface area (Å²) in [6.45, 7) is 4.17. The molecule has 21 heavy (non-hydrogen) atoms. The van der Waals surface area contributed by atoms with Gasteiger partial charge in [-0.15, -0.1) is 0 Å². The minimum Gasteiger partial charge on any atom is -0.469 e. The van der Waals surface area contributed by atoms with Gasteiger partial charge in [0.05, 0.1) is 13.0 Å². The molecule has 1 aromatic carbocycles. The van der Waals surface area contributed by atoms with Gasteiger partial charge in [-0.2, -0.15) is 0 Å². The van der Waals surface area contributed by atoms with Gasteiger partial charge in [0.25, 0.3) is 5.91 Å². The first-order valence-electron chi connectivity index (χ1n) is 6.77. The Morgan fingerprint density at radius 2 is 2.05 bits per heavy atom. The van der Waals surface area contributed by atoms with Crippen LogP contribution in [0, 0.1) is 24.6 Å². The van der Waals surface area contributed by atoms with Crippen molar-refractivity contribution in [3.05, 3.63) is 29.1 Å². The summed E-state index contributed by atoms with van der Waals surface area (Å²) >= 11 is 0. The fourth-order valence-electron chi connectivity index (χ4n) is 2.60. The van der Waals surface area contributed by atoms with Crippen molar-refractivity contribution < 1.29 is 18.7 Å². The number of carbonyl (C=O) groups excluding carboxylic acids is 2. The Balaban J connectivity index is 2.20. The molecule has 5 nitrogen and oxygen atoms in total.